The van der Waals surface area contributed by atoms with Crippen LogP contribution in [-0.2, 0) is 115 Å². The summed E-state index contributed by atoms with van der Waals surface area (Å²) in [6.07, 6.45) is 0.0924. The second-order valence-corrected chi connectivity index (χ2v) is 34.1. The molecule has 0 saturated carbocycles. The molecule has 1 fully saturated rings. The summed E-state index contributed by atoms with van der Waals surface area (Å²) in [5.41, 5.74) is 9.11. The Balaban J connectivity index is 1.21. The van der Waals surface area contributed by atoms with Gasteiger partial charge in [0.1, 0.15) is 78.0 Å². The number of aromatic amines is 1. The van der Waals surface area contributed by atoms with Crippen LogP contribution in [-0.4, -0.2) is 272 Å². The average molecular weight is 1800 g/mol. The monoisotopic (exact) mass is 1790 g/mol. The van der Waals surface area contributed by atoms with Gasteiger partial charge in [0.05, 0.1) is 31.8 Å². The fourth-order valence-corrected chi connectivity index (χ4v) is 15.8. The summed E-state index contributed by atoms with van der Waals surface area (Å²) in [5, 5.41) is 55.6. The lowest BCUT2D eigenvalue weighted by Crippen LogP contribution is -2.61. The fourth-order valence-electron chi connectivity index (χ4n) is 14.9. The van der Waals surface area contributed by atoms with Gasteiger partial charge in [0.15, 0.2) is 0 Å². The smallest absolute Gasteiger partial charge is 0.305 e. The highest BCUT2D eigenvalue weighted by atomic mass is 32.2. The Bertz CT molecular complexity index is 5070. The van der Waals surface area contributed by atoms with Gasteiger partial charge in [0, 0.05) is 96.6 Å². The number of nitrogens with zero attached hydrogens (tertiary/aromatic N) is 5. The zero-order valence-corrected chi connectivity index (χ0v) is 74.9. The molecule has 2 heterocycles. The van der Waals surface area contributed by atoms with Crippen molar-refractivity contribution in [3.8, 4) is 11.5 Å². The first-order chi connectivity index (χ1) is 61.4. The molecule has 1 unspecified atom stereocenters. The van der Waals surface area contributed by atoms with E-state index < -0.39 is 199 Å². The van der Waals surface area contributed by atoms with Gasteiger partial charge < -0.3 is 98.4 Å². The third-order valence-electron chi connectivity index (χ3n) is 22.1. The van der Waals surface area contributed by atoms with Crippen molar-refractivity contribution in [3.05, 3.63) is 203 Å². The maximum atomic E-state index is 15.5. The minimum absolute atomic E-state index is 0.0299. The number of carbonyl (C=O) groups is 16. The molecule has 8 rings (SSSR count). The van der Waals surface area contributed by atoms with Gasteiger partial charge in [0.25, 0.3) is 0 Å². The van der Waals surface area contributed by atoms with Gasteiger partial charge >= 0.3 is 5.97 Å². The Morgan fingerprint density at radius 1 is 0.457 bits per heavy atom. The molecule has 6 aromatic carbocycles. The Kier molecular flexibility index (Phi) is 38.2. The van der Waals surface area contributed by atoms with Crippen LogP contribution in [0, 0.1) is 11.8 Å². The number of aromatic nitrogens is 1. The molecule has 0 radical (unpaired) electrons. The van der Waals surface area contributed by atoms with E-state index in [0.29, 0.717) is 57.1 Å². The predicted octanol–water partition coefficient (Wildman–Crippen LogP) is 2.33. The number of benzene rings is 6. The number of carboxylic acid groups (broad SMARTS) is 1. The van der Waals surface area contributed by atoms with Crippen molar-refractivity contribution in [1.29, 1.82) is 0 Å². The number of thioether (sulfide) groups is 1. The van der Waals surface area contributed by atoms with E-state index in [9.17, 15) is 58.5 Å². The topological polar surface area (TPSA) is 500 Å². The van der Waals surface area contributed by atoms with Crippen LogP contribution in [0.2, 0.25) is 0 Å². The Hall–Kier alpha value is -13.7. The molecule has 15 amide bonds. The van der Waals surface area contributed by atoms with Gasteiger partial charge in [-0.25, -0.2) is 0 Å². The maximum Gasteiger partial charge on any atom is 0.305 e. The number of carboxylic acids is 1. The van der Waals surface area contributed by atoms with E-state index in [2.05, 4.69) is 52.8 Å². The molecular formula is C93H118N16O19S. The molecule has 11 atom stereocenters. The number of aliphatic carboxylic acids is 1. The number of phenols is 2. The molecule has 0 aliphatic carbocycles. The van der Waals surface area contributed by atoms with E-state index in [4.69, 9.17) is 5.73 Å². The lowest BCUT2D eigenvalue weighted by molar-refractivity contribution is -0.151. The number of nitrogens with two attached hydrogens (primary N) is 1. The number of para-hydroxylation sites is 1. The van der Waals surface area contributed by atoms with E-state index >= 15 is 33.6 Å². The highest BCUT2D eigenvalue weighted by Gasteiger charge is 2.42. The van der Waals surface area contributed by atoms with Gasteiger partial charge in [-0.3, -0.25) is 76.7 Å². The third-order valence-corrected chi connectivity index (χ3v) is 23.1. The van der Waals surface area contributed by atoms with Gasteiger partial charge in [0.2, 0.25) is 88.6 Å². The van der Waals surface area contributed by atoms with Crippen LogP contribution in [0.5, 0.6) is 11.5 Å². The van der Waals surface area contributed by atoms with E-state index in [1.165, 1.54) is 93.6 Å². The maximum absolute atomic E-state index is 15.5. The minimum Gasteiger partial charge on any atom is -0.508 e. The van der Waals surface area contributed by atoms with Gasteiger partial charge in [-0.05, 0) is 88.4 Å². The molecule has 0 bridgehead atoms. The SMILES string of the molecule is CCCC[C@H]1C(=O)N(C)CC(=O)N[C@@H](CC(=O)O)C(=O)N[C@@H](C(C)C)C(=O)N(C)[C@@H](Cc2ccccc2)C(=O)N[C@H](Cc2ccc(O)cc2)C(=O)N(C)CC(=O)N[C@@H](Cc2c[nH]c3ccccc23)C(=O)N[C@H](Cc2ccc(O)cc2)C(=O)N[C@@H](CC(C)C)C(=O)N[C@H](C(=O)NCC(N)=O)CSCC(=O)N[C@@H](Cc2ccccc2)C(=O)N(C)C(Cc2ccccc2)C(=O)N1C. The number of primary amides is 1. The normalized spacial score (nSPS) is 21.9. The van der Waals surface area contributed by atoms with Crippen molar-refractivity contribution in [3.63, 3.8) is 0 Å². The average Bonchev–Trinajstić information content (AvgIpc) is 1.50. The van der Waals surface area contributed by atoms with Crippen LogP contribution in [0.25, 0.3) is 10.9 Å². The molecular weight excluding hydrogens is 1680 g/mol. The zero-order chi connectivity index (χ0) is 94.3. The lowest BCUT2D eigenvalue weighted by Gasteiger charge is -2.37. The first kappa shape index (κ1) is 101. The van der Waals surface area contributed by atoms with E-state index in [1.54, 1.807) is 149 Å². The van der Waals surface area contributed by atoms with Crippen molar-refractivity contribution in [2.24, 2.45) is 17.6 Å². The molecule has 35 nitrogen and oxygen atoms in total. The number of nitrogens with one attached hydrogen (secondary N) is 10. The molecule has 1 saturated heterocycles. The summed E-state index contributed by atoms with van der Waals surface area (Å²) in [5.74, 6) is -17.4. The number of fused-ring (bicyclic) bond motifs is 1. The molecule has 129 heavy (non-hydrogen) atoms. The summed E-state index contributed by atoms with van der Waals surface area (Å²) < 4.78 is 0. The molecule has 36 heteroatoms. The van der Waals surface area contributed by atoms with Crippen LogP contribution in [0.3, 0.4) is 0 Å². The number of H-pyrrole nitrogens is 1. The minimum atomic E-state index is -1.91. The predicted molar refractivity (Wildman–Crippen MR) is 482 cm³/mol. The van der Waals surface area contributed by atoms with Crippen molar-refractivity contribution in [2.75, 3.05) is 66.4 Å². The van der Waals surface area contributed by atoms with Crippen LogP contribution >= 0.6 is 11.8 Å². The Labute approximate surface area is 753 Å². The summed E-state index contributed by atoms with van der Waals surface area (Å²) in [4.78, 5) is 243. The van der Waals surface area contributed by atoms with Crippen molar-refractivity contribution < 1.29 is 92.0 Å². The van der Waals surface area contributed by atoms with Crippen molar-refractivity contribution in [1.82, 2.24) is 77.3 Å². The molecule has 1 aromatic heterocycles. The third kappa shape index (κ3) is 30.5. The van der Waals surface area contributed by atoms with Crippen molar-refractivity contribution >= 4 is 117 Å². The molecule has 0 spiro atoms. The molecule has 690 valence electrons. The van der Waals surface area contributed by atoms with E-state index in [-0.39, 0.29) is 74.5 Å². The van der Waals surface area contributed by atoms with Crippen LogP contribution in [0.1, 0.15) is 100 Å². The zero-order valence-electron chi connectivity index (χ0n) is 74.1. The largest absolute Gasteiger partial charge is 0.508 e. The number of rotatable bonds is 23. The number of hydrogen-bond acceptors (Lipinski definition) is 19. The standard InChI is InChI=1S/C93H118N16O19S/c1-11-12-32-74-91(126)106(7)52-79(114)98-70(48-81(116)117)87(122)104-82(56(4)5)93(128)108(9)75(45-58-26-18-14-19-27-58)88(123)102-71(44-61-35-39-64(111)40-36-61)89(124)105(6)51-78(113)97-69(47-62-49-95-66-31-23-22-30-65(62)66)86(121)101-68(42-60-33-37-63(110)38-34-60)85(120)100-67(41-55(2)3)84(119)103-73(83(118)96-50-77(94)112)53-129-54-80(115)99-72(43-57-24-16-13-17-25-57)90(125)109(10)76(92(127)107(74)8)46-59-28-20-15-21-29-59/h13-31,33-40,49,55-56,67-76,82,95,110-111H,11-12,32,41-48,50-54H2,1-10H3,(H2,94,112)(H,96,118)(H,97,113)(H,98,114)(H,99,115)(H,100,120)(H,101,121)(H,102,123)(H,103,119)(H,104,122)(H,116,117)/t67-,68+,69-,70-,71+,72-,73-,74-,75-,76?,82-/m0/s1. The molecule has 1 aliphatic rings. The number of likely N-dealkylation sites (N-methyl/N-ethyl adjacent to an activating group) is 5. The summed E-state index contributed by atoms with van der Waals surface area (Å²) in [6, 6.07) is 27.2. The fraction of sp³-hybridized carbons (Fsp3) is 0.419. The second-order valence-electron chi connectivity index (χ2n) is 33.1. The molecule has 15 N–H and O–H groups in total. The van der Waals surface area contributed by atoms with Crippen molar-refractivity contribution in [2.45, 2.75) is 172 Å². The highest BCUT2D eigenvalue weighted by molar-refractivity contribution is 8.00. The number of aromatic hydroxyl groups is 2. The first-order valence-corrected chi connectivity index (χ1v) is 43.8. The van der Waals surface area contributed by atoms with Crippen LogP contribution in [0.15, 0.2) is 170 Å². The first-order valence-electron chi connectivity index (χ1n) is 42.7. The van der Waals surface area contributed by atoms with Crippen LogP contribution < -0.4 is 53.6 Å². The summed E-state index contributed by atoms with van der Waals surface area (Å²) in [6.45, 7) is 6.17. The van der Waals surface area contributed by atoms with E-state index in [0.717, 1.165) is 26.5 Å². The second kappa shape index (κ2) is 48.9. The summed E-state index contributed by atoms with van der Waals surface area (Å²) >= 11 is 0.829. The number of carbonyl (C=O) groups excluding carboxylic acids is 15. The lowest BCUT2D eigenvalue weighted by atomic mass is 9.98. The highest BCUT2D eigenvalue weighted by Crippen LogP contribution is 2.25. The number of amides is 15. The van der Waals surface area contributed by atoms with Gasteiger partial charge in [-0.1, -0.05) is 181 Å². The number of phenolic OH excluding ortho intramolecular Hbond substituents is 2. The Morgan fingerprint density at radius 2 is 0.899 bits per heavy atom. The van der Waals surface area contributed by atoms with Gasteiger partial charge in [-0.15, -0.1) is 11.8 Å². The van der Waals surface area contributed by atoms with Gasteiger partial charge in [-0.2, -0.15) is 0 Å². The van der Waals surface area contributed by atoms with Crippen LogP contribution in [0.4, 0.5) is 0 Å². The molecule has 7 aromatic rings. The summed E-state index contributed by atoms with van der Waals surface area (Å²) in [7, 11) is 6.54. The number of hydrogen-bond donors (Lipinski definition) is 14. The molecule has 1 aliphatic heterocycles. The van der Waals surface area contributed by atoms with E-state index in [1.807, 2.05) is 6.92 Å². The number of unbranched alkanes of at least 4 members (excludes halogenated alkanes) is 1. The quantitative estimate of drug-likeness (QED) is 0.0437. The Morgan fingerprint density at radius 3 is 1.43 bits per heavy atom.